The Hall–Kier alpha value is -0.130. The molecule has 1 unspecified atom stereocenters. The van der Waals surface area contributed by atoms with Crippen LogP contribution in [0.1, 0.15) is 51.4 Å². The minimum atomic E-state index is -3.01. The summed E-state index contributed by atoms with van der Waals surface area (Å²) < 4.78 is 27.0. The maximum atomic E-state index is 12.6. The molecule has 1 atom stereocenters. The Kier molecular flexibility index (Phi) is 4.15. The number of rotatable bonds is 5. The maximum absolute atomic E-state index is 12.6. The molecule has 0 aromatic carbocycles. The Morgan fingerprint density at radius 2 is 1.74 bits per heavy atom. The van der Waals surface area contributed by atoms with Gasteiger partial charge in [-0.05, 0) is 51.0 Å². The molecule has 0 amide bonds. The lowest BCUT2D eigenvalue weighted by molar-refractivity contribution is 0.257. The fourth-order valence-electron chi connectivity index (χ4n) is 3.44. The van der Waals surface area contributed by atoms with E-state index in [-0.39, 0.29) is 5.25 Å². The van der Waals surface area contributed by atoms with E-state index in [1.807, 2.05) is 0 Å². The van der Waals surface area contributed by atoms with Gasteiger partial charge >= 0.3 is 0 Å². The molecule has 110 valence electrons. The van der Waals surface area contributed by atoms with Crippen molar-refractivity contribution in [2.45, 2.75) is 62.7 Å². The summed E-state index contributed by atoms with van der Waals surface area (Å²) in [7, 11) is -3.01. The molecule has 5 heteroatoms. The van der Waals surface area contributed by atoms with Crippen LogP contribution in [0.5, 0.6) is 0 Å². The monoisotopic (exact) mass is 286 g/mol. The number of sulfonamides is 1. The van der Waals surface area contributed by atoms with Gasteiger partial charge in [0.1, 0.15) is 0 Å². The molecule has 4 nitrogen and oxygen atoms in total. The van der Waals surface area contributed by atoms with Crippen molar-refractivity contribution in [1.82, 2.24) is 9.62 Å². The summed E-state index contributed by atoms with van der Waals surface area (Å²) in [6.45, 7) is 2.50. The highest BCUT2D eigenvalue weighted by Gasteiger charge is 2.36. The normalized spacial score (nSPS) is 30.8. The van der Waals surface area contributed by atoms with E-state index < -0.39 is 10.0 Å². The Bertz CT molecular complexity index is 400. The average molecular weight is 286 g/mol. The lowest BCUT2D eigenvalue weighted by atomic mass is 10.00. The molecule has 0 aromatic rings. The van der Waals surface area contributed by atoms with Gasteiger partial charge in [-0.1, -0.05) is 12.8 Å². The van der Waals surface area contributed by atoms with Crippen LogP contribution in [-0.2, 0) is 10.0 Å². The van der Waals surface area contributed by atoms with Crippen molar-refractivity contribution < 1.29 is 8.42 Å². The zero-order valence-electron chi connectivity index (χ0n) is 11.7. The van der Waals surface area contributed by atoms with Gasteiger partial charge in [0, 0.05) is 19.1 Å². The van der Waals surface area contributed by atoms with Crippen LogP contribution in [-0.4, -0.2) is 43.6 Å². The Labute approximate surface area is 117 Å². The molecule has 0 spiro atoms. The molecule has 0 bridgehead atoms. The van der Waals surface area contributed by atoms with Crippen LogP contribution in [0.15, 0.2) is 0 Å². The molecule has 1 aliphatic heterocycles. The van der Waals surface area contributed by atoms with Crippen LogP contribution >= 0.6 is 0 Å². The van der Waals surface area contributed by atoms with E-state index in [1.165, 1.54) is 19.3 Å². The molecule has 0 aromatic heterocycles. The highest BCUT2D eigenvalue weighted by molar-refractivity contribution is 7.89. The SMILES string of the molecule is O=S(=O)(C1CCCC1)N1CCCC(CNC2CC2)C1. The first-order valence-corrected chi connectivity index (χ1v) is 9.39. The maximum Gasteiger partial charge on any atom is 0.216 e. The third kappa shape index (κ3) is 3.31. The van der Waals surface area contributed by atoms with Gasteiger partial charge in [-0.2, -0.15) is 0 Å². The molecule has 2 aliphatic carbocycles. The van der Waals surface area contributed by atoms with E-state index in [4.69, 9.17) is 0 Å². The zero-order valence-corrected chi connectivity index (χ0v) is 12.5. The van der Waals surface area contributed by atoms with Crippen molar-refractivity contribution in [2.75, 3.05) is 19.6 Å². The standard InChI is InChI=1S/C14H26N2O2S/c17-19(18,14-5-1-2-6-14)16-9-3-4-12(11-16)10-15-13-7-8-13/h12-15H,1-11H2. The van der Waals surface area contributed by atoms with Gasteiger partial charge < -0.3 is 5.32 Å². The van der Waals surface area contributed by atoms with Crippen molar-refractivity contribution >= 4 is 10.0 Å². The fourth-order valence-corrected chi connectivity index (χ4v) is 5.60. The van der Waals surface area contributed by atoms with Gasteiger partial charge in [0.25, 0.3) is 0 Å². The van der Waals surface area contributed by atoms with Gasteiger partial charge in [0.2, 0.25) is 10.0 Å². The number of nitrogens with zero attached hydrogens (tertiary/aromatic N) is 1. The van der Waals surface area contributed by atoms with Crippen molar-refractivity contribution in [3.05, 3.63) is 0 Å². The van der Waals surface area contributed by atoms with Crippen LogP contribution in [0.4, 0.5) is 0 Å². The Balaban J connectivity index is 1.56. The van der Waals surface area contributed by atoms with E-state index in [2.05, 4.69) is 5.32 Å². The average Bonchev–Trinajstić information content (AvgIpc) is 3.07. The largest absolute Gasteiger partial charge is 0.314 e. The molecular weight excluding hydrogens is 260 g/mol. The lowest BCUT2D eigenvalue weighted by Gasteiger charge is -2.33. The molecule has 3 fully saturated rings. The fraction of sp³-hybridized carbons (Fsp3) is 1.00. The predicted molar refractivity (Wildman–Crippen MR) is 76.5 cm³/mol. The molecule has 1 N–H and O–H groups in total. The number of nitrogens with one attached hydrogen (secondary N) is 1. The second-order valence-corrected chi connectivity index (χ2v) is 8.71. The van der Waals surface area contributed by atoms with Crippen molar-refractivity contribution in [1.29, 1.82) is 0 Å². The first-order chi connectivity index (χ1) is 9.16. The second kappa shape index (κ2) is 5.70. The molecule has 1 saturated heterocycles. The summed E-state index contributed by atoms with van der Waals surface area (Å²) in [5.74, 6) is 0.519. The smallest absolute Gasteiger partial charge is 0.216 e. The van der Waals surface area contributed by atoms with Gasteiger partial charge in [-0.15, -0.1) is 0 Å². The van der Waals surface area contributed by atoms with Crippen molar-refractivity contribution in [3.63, 3.8) is 0 Å². The topological polar surface area (TPSA) is 49.4 Å². The van der Waals surface area contributed by atoms with Gasteiger partial charge in [-0.3, -0.25) is 0 Å². The highest BCUT2D eigenvalue weighted by atomic mass is 32.2. The van der Waals surface area contributed by atoms with Gasteiger partial charge in [-0.25, -0.2) is 12.7 Å². The van der Waals surface area contributed by atoms with Gasteiger partial charge in [0.05, 0.1) is 5.25 Å². The second-order valence-electron chi connectivity index (χ2n) is 6.50. The van der Waals surface area contributed by atoms with E-state index in [9.17, 15) is 8.42 Å². The van der Waals surface area contributed by atoms with Crippen LogP contribution in [0.25, 0.3) is 0 Å². The minimum Gasteiger partial charge on any atom is -0.314 e. The third-order valence-corrected chi connectivity index (χ3v) is 7.20. The number of hydrogen-bond donors (Lipinski definition) is 1. The Morgan fingerprint density at radius 1 is 1.00 bits per heavy atom. The molecule has 3 aliphatic rings. The number of hydrogen-bond acceptors (Lipinski definition) is 3. The summed E-state index contributed by atoms with van der Waals surface area (Å²) in [6.07, 6.45) is 8.75. The van der Waals surface area contributed by atoms with Crippen LogP contribution in [0.3, 0.4) is 0 Å². The van der Waals surface area contributed by atoms with Crippen molar-refractivity contribution in [3.8, 4) is 0 Å². The minimum absolute atomic E-state index is 0.0809. The lowest BCUT2D eigenvalue weighted by Crippen LogP contribution is -2.46. The Morgan fingerprint density at radius 3 is 2.42 bits per heavy atom. The van der Waals surface area contributed by atoms with Crippen LogP contribution < -0.4 is 5.32 Å². The predicted octanol–water partition coefficient (Wildman–Crippen LogP) is 1.72. The van der Waals surface area contributed by atoms with E-state index in [1.54, 1.807) is 4.31 Å². The highest BCUT2D eigenvalue weighted by Crippen LogP contribution is 2.30. The van der Waals surface area contributed by atoms with Crippen molar-refractivity contribution in [2.24, 2.45) is 5.92 Å². The zero-order chi connectivity index (χ0) is 13.3. The molecule has 19 heavy (non-hydrogen) atoms. The summed E-state index contributed by atoms with van der Waals surface area (Å²) in [5, 5.41) is 3.47. The van der Waals surface area contributed by atoms with E-state index >= 15 is 0 Å². The van der Waals surface area contributed by atoms with Gasteiger partial charge in [0.15, 0.2) is 0 Å². The molecular formula is C14H26N2O2S. The molecule has 0 radical (unpaired) electrons. The molecule has 1 heterocycles. The van der Waals surface area contributed by atoms with Crippen LogP contribution in [0.2, 0.25) is 0 Å². The molecule has 2 saturated carbocycles. The quantitative estimate of drug-likeness (QED) is 0.837. The van der Waals surface area contributed by atoms with E-state index in [0.29, 0.717) is 5.92 Å². The summed E-state index contributed by atoms with van der Waals surface area (Å²) >= 11 is 0. The first-order valence-electron chi connectivity index (χ1n) is 7.88. The first kappa shape index (κ1) is 13.8. The summed E-state index contributed by atoms with van der Waals surface area (Å²) in [4.78, 5) is 0. The summed E-state index contributed by atoms with van der Waals surface area (Å²) in [5.41, 5.74) is 0. The van der Waals surface area contributed by atoms with E-state index in [0.717, 1.165) is 57.8 Å². The summed E-state index contributed by atoms with van der Waals surface area (Å²) in [6, 6.07) is 0.724. The molecule has 3 rings (SSSR count). The number of piperidine rings is 1. The third-order valence-electron chi connectivity index (χ3n) is 4.84. The van der Waals surface area contributed by atoms with Crippen LogP contribution in [0, 0.1) is 5.92 Å².